The number of carbonyl (C=O) groups excluding carboxylic acids is 2. The first kappa shape index (κ1) is 21.4. The third-order valence-corrected chi connectivity index (χ3v) is 6.43. The van der Waals surface area contributed by atoms with Crippen LogP contribution in [0.3, 0.4) is 0 Å². The van der Waals surface area contributed by atoms with Gasteiger partial charge in [0.15, 0.2) is 0 Å². The first-order valence-electron chi connectivity index (χ1n) is 10.5. The van der Waals surface area contributed by atoms with Gasteiger partial charge in [-0.05, 0) is 32.6 Å². The summed E-state index contributed by atoms with van der Waals surface area (Å²) in [4.78, 5) is 27.6. The molecule has 0 radical (unpaired) electrons. The maximum atomic E-state index is 13.0. The molecule has 3 rings (SSSR count). The van der Waals surface area contributed by atoms with E-state index in [-0.39, 0.29) is 17.7 Å². The van der Waals surface area contributed by atoms with E-state index < -0.39 is 6.04 Å². The average Bonchev–Trinajstić information content (AvgIpc) is 3.38. The standard InChI is InChI=1S/C22H30N4O2S/c1-4-6-8-16(5-2)21(28)26-14-7-9-18(26)19(27)23-22-25-24-20(29-22)17-12-10-15(3)11-13-17/h10-13,16,18H,4-9,14H2,1-3H3,(H,23,25,27)/t16-,18-/m1/s1. The Morgan fingerprint density at radius 1 is 1.24 bits per heavy atom. The molecule has 7 heteroatoms. The van der Waals surface area contributed by atoms with Gasteiger partial charge in [0.25, 0.3) is 0 Å². The largest absolute Gasteiger partial charge is 0.330 e. The molecule has 1 aromatic heterocycles. The van der Waals surface area contributed by atoms with E-state index in [2.05, 4.69) is 29.4 Å². The van der Waals surface area contributed by atoms with Crippen molar-refractivity contribution in [2.24, 2.45) is 5.92 Å². The molecule has 2 heterocycles. The van der Waals surface area contributed by atoms with E-state index in [1.165, 1.54) is 16.9 Å². The molecule has 1 aromatic carbocycles. The summed E-state index contributed by atoms with van der Waals surface area (Å²) in [5, 5.41) is 12.4. The Morgan fingerprint density at radius 3 is 2.69 bits per heavy atom. The van der Waals surface area contributed by atoms with Crippen molar-refractivity contribution in [2.45, 2.75) is 65.3 Å². The lowest BCUT2D eigenvalue weighted by Gasteiger charge is -2.27. The fourth-order valence-electron chi connectivity index (χ4n) is 3.77. The molecule has 2 atom stereocenters. The van der Waals surface area contributed by atoms with Crippen molar-refractivity contribution in [1.29, 1.82) is 0 Å². The topological polar surface area (TPSA) is 75.2 Å². The van der Waals surface area contributed by atoms with Crippen LogP contribution in [-0.2, 0) is 9.59 Å². The Kier molecular flexibility index (Phi) is 7.36. The highest BCUT2D eigenvalue weighted by molar-refractivity contribution is 7.18. The minimum atomic E-state index is -0.412. The van der Waals surface area contributed by atoms with Crippen LogP contribution in [0.2, 0.25) is 0 Å². The van der Waals surface area contributed by atoms with Crippen LogP contribution >= 0.6 is 11.3 Å². The zero-order chi connectivity index (χ0) is 20.8. The number of hydrogen-bond acceptors (Lipinski definition) is 5. The lowest BCUT2D eigenvalue weighted by Crippen LogP contribution is -2.45. The zero-order valence-electron chi connectivity index (χ0n) is 17.5. The van der Waals surface area contributed by atoms with Crippen LogP contribution in [0.1, 0.15) is 57.9 Å². The molecule has 29 heavy (non-hydrogen) atoms. The summed E-state index contributed by atoms with van der Waals surface area (Å²) in [5.41, 5.74) is 2.16. The summed E-state index contributed by atoms with van der Waals surface area (Å²) >= 11 is 1.35. The van der Waals surface area contributed by atoms with Crippen molar-refractivity contribution < 1.29 is 9.59 Å². The van der Waals surface area contributed by atoms with Gasteiger partial charge in [-0.2, -0.15) is 0 Å². The summed E-state index contributed by atoms with van der Waals surface area (Å²) in [6.07, 6.45) is 5.40. The quantitative estimate of drug-likeness (QED) is 0.682. The molecule has 1 fully saturated rings. The van der Waals surface area contributed by atoms with Gasteiger partial charge >= 0.3 is 0 Å². The minimum absolute atomic E-state index is 0.0121. The molecular formula is C22H30N4O2S. The number of benzene rings is 1. The van der Waals surface area contributed by atoms with Crippen molar-refractivity contribution >= 4 is 28.3 Å². The number of hydrogen-bond donors (Lipinski definition) is 1. The number of carbonyl (C=O) groups is 2. The third-order valence-electron chi connectivity index (χ3n) is 5.54. The van der Waals surface area contributed by atoms with Crippen molar-refractivity contribution in [3.05, 3.63) is 29.8 Å². The number of rotatable bonds is 8. The highest BCUT2D eigenvalue weighted by Crippen LogP contribution is 2.28. The molecule has 6 nitrogen and oxygen atoms in total. The van der Waals surface area contributed by atoms with Crippen molar-refractivity contribution in [2.75, 3.05) is 11.9 Å². The Bertz CT molecular complexity index is 834. The number of nitrogens with one attached hydrogen (secondary N) is 1. The van der Waals surface area contributed by atoms with Crippen LogP contribution in [0.25, 0.3) is 10.6 Å². The Hall–Kier alpha value is -2.28. The maximum absolute atomic E-state index is 13.0. The minimum Gasteiger partial charge on any atom is -0.330 e. The Balaban J connectivity index is 1.65. The van der Waals surface area contributed by atoms with E-state index in [0.29, 0.717) is 18.1 Å². The van der Waals surface area contributed by atoms with Crippen LogP contribution in [0.4, 0.5) is 5.13 Å². The normalized spacial score (nSPS) is 17.3. The van der Waals surface area contributed by atoms with E-state index in [9.17, 15) is 9.59 Å². The van der Waals surface area contributed by atoms with Gasteiger partial charge in [-0.25, -0.2) is 0 Å². The van der Waals surface area contributed by atoms with E-state index in [1.54, 1.807) is 4.90 Å². The number of aryl methyl sites for hydroxylation is 1. The van der Waals surface area contributed by atoms with Crippen molar-refractivity contribution in [3.63, 3.8) is 0 Å². The predicted molar refractivity (Wildman–Crippen MR) is 117 cm³/mol. The van der Waals surface area contributed by atoms with Crippen LogP contribution in [0.15, 0.2) is 24.3 Å². The van der Waals surface area contributed by atoms with Gasteiger partial charge in [-0.1, -0.05) is 67.9 Å². The van der Waals surface area contributed by atoms with Crippen molar-refractivity contribution in [3.8, 4) is 10.6 Å². The van der Waals surface area contributed by atoms with Crippen LogP contribution < -0.4 is 5.32 Å². The van der Waals surface area contributed by atoms with Crippen molar-refractivity contribution in [1.82, 2.24) is 15.1 Å². The highest BCUT2D eigenvalue weighted by Gasteiger charge is 2.36. The fourth-order valence-corrected chi connectivity index (χ4v) is 4.52. The average molecular weight is 415 g/mol. The lowest BCUT2D eigenvalue weighted by atomic mass is 9.97. The van der Waals surface area contributed by atoms with E-state index in [4.69, 9.17) is 0 Å². The van der Waals surface area contributed by atoms with E-state index in [0.717, 1.165) is 42.7 Å². The smallest absolute Gasteiger partial charge is 0.249 e. The highest BCUT2D eigenvalue weighted by atomic mass is 32.1. The molecule has 1 N–H and O–H groups in total. The Labute approximate surface area is 176 Å². The molecule has 2 amide bonds. The Morgan fingerprint density at radius 2 is 2.00 bits per heavy atom. The molecule has 1 aliphatic rings. The molecule has 0 bridgehead atoms. The monoisotopic (exact) mass is 414 g/mol. The fraction of sp³-hybridized carbons (Fsp3) is 0.545. The number of anilines is 1. The molecule has 1 saturated heterocycles. The number of nitrogens with zero attached hydrogens (tertiary/aromatic N) is 3. The van der Waals surface area contributed by atoms with Crippen LogP contribution in [0.5, 0.6) is 0 Å². The van der Waals surface area contributed by atoms with Gasteiger partial charge < -0.3 is 4.90 Å². The lowest BCUT2D eigenvalue weighted by molar-refractivity contribution is -0.140. The summed E-state index contributed by atoms with van der Waals surface area (Å²) < 4.78 is 0. The van der Waals surface area contributed by atoms with Gasteiger partial charge in [0.2, 0.25) is 16.9 Å². The molecule has 0 saturated carbocycles. The summed E-state index contributed by atoms with van der Waals surface area (Å²) in [7, 11) is 0. The third kappa shape index (κ3) is 5.21. The second-order valence-electron chi connectivity index (χ2n) is 7.70. The molecule has 0 aliphatic carbocycles. The van der Waals surface area contributed by atoms with Gasteiger partial charge in [-0.3, -0.25) is 14.9 Å². The van der Waals surface area contributed by atoms with Crippen LogP contribution in [0, 0.1) is 12.8 Å². The van der Waals surface area contributed by atoms with Gasteiger partial charge in [0, 0.05) is 18.0 Å². The number of amides is 2. The molecular weight excluding hydrogens is 384 g/mol. The number of aromatic nitrogens is 2. The van der Waals surface area contributed by atoms with Gasteiger partial charge in [-0.15, -0.1) is 10.2 Å². The number of unbranched alkanes of at least 4 members (excludes halogenated alkanes) is 1. The predicted octanol–water partition coefficient (Wildman–Crippen LogP) is 4.66. The molecule has 156 valence electrons. The van der Waals surface area contributed by atoms with E-state index in [1.807, 2.05) is 31.2 Å². The first-order valence-corrected chi connectivity index (χ1v) is 11.4. The number of likely N-dealkylation sites (tertiary alicyclic amines) is 1. The maximum Gasteiger partial charge on any atom is 0.249 e. The molecule has 1 aliphatic heterocycles. The second kappa shape index (κ2) is 9.96. The van der Waals surface area contributed by atoms with Gasteiger partial charge in [0.05, 0.1) is 0 Å². The summed E-state index contributed by atoms with van der Waals surface area (Å²) in [5.74, 6) is -0.0259. The molecule has 0 unspecified atom stereocenters. The van der Waals surface area contributed by atoms with Gasteiger partial charge in [0.1, 0.15) is 11.0 Å². The first-order chi connectivity index (χ1) is 14.0. The molecule has 2 aromatic rings. The van der Waals surface area contributed by atoms with Crippen LogP contribution in [-0.4, -0.2) is 39.5 Å². The molecule has 0 spiro atoms. The SMILES string of the molecule is CCCC[C@@H](CC)C(=O)N1CCC[C@@H]1C(=O)Nc1nnc(-c2ccc(C)cc2)s1. The summed E-state index contributed by atoms with van der Waals surface area (Å²) in [6, 6.07) is 7.64. The summed E-state index contributed by atoms with van der Waals surface area (Å²) in [6.45, 7) is 6.88. The van der Waals surface area contributed by atoms with E-state index >= 15 is 0 Å². The second-order valence-corrected chi connectivity index (χ2v) is 8.68. The zero-order valence-corrected chi connectivity index (χ0v) is 18.3.